The maximum absolute atomic E-state index is 13.7. The molecule has 2 heterocycles. The molecule has 5 rings (SSSR count). The van der Waals surface area contributed by atoms with Crippen molar-refractivity contribution in [3.63, 3.8) is 0 Å². The quantitative estimate of drug-likeness (QED) is 0.452. The van der Waals surface area contributed by atoms with Gasteiger partial charge in [0, 0.05) is 13.1 Å². The lowest BCUT2D eigenvalue weighted by molar-refractivity contribution is -0.127. The van der Waals surface area contributed by atoms with Crippen LogP contribution in [0, 0.1) is 6.92 Å². The third-order valence-electron chi connectivity index (χ3n) is 7.34. The highest BCUT2D eigenvalue weighted by atomic mass is 32.2. The number of hydrogen-bond donors (Lipinski definition) is 1. The summed E-state index contributed by atoms with van der Waals surface area (Å²) in [7, 11) is -2.43. The number of rotatable bonds is 8. The van der Waals surface area contributed by atoms with E-state index < -0.39 is 16.1 Å². The maximum atomic E-state index is 13.7. The number of piperidine rings is 1. The van der Waals surface area contributed by atoms with Gasteiger partial charge in [0.2, 0.25) is 0 Å². The Balaban J connectivity index is 1.34. The molecule has 3 aromatic carbocycles. The molecule has 206 valence electrons. The van der Waals surface area contributed by atoms with E-state index in [4.69, 9.17) is 9.47 Å². The molecule has 9 heteroatoms. The normalized spacial score (nSPS) is 17.7. The minimum atomic E-state index is -3.96. The Labute approximate surface area is 230 Å². The second kappa shape index (κ2) is 11.7. The number of methoxy groups -OCH3 is 1. The van der Waals surface area contributed by atoms with E-state index in [0.717, 1.165) is 30.8 Å². The summed E-state index contributed by atoms with van der Waals surface area (Å²) in [5.41, 5.74) is 3.55. The monoisotopic (exact) mass is 549 g/mol. The Morgan fingerprint density at radius 3 is 2.44 bits per heavy atom. The summed E-state index contributed by atoms with van der Waals surface area (Å²) in [5.74, 6) is 0.568. The molecule has 0 spiro atoms. The van der Waals surface area contributed by atoms with Gasteiger partial charge in [0.1, 0.15) is 11.5 Å². The van der Waals surface area contributed by atoms with Crippen molar-refractivity contribution < 1.29 is 22.7 Å². The molecule has 0 unspecified atom stereocenters. The van der Waals surface area contributed by atoms with Gasteiger partial charge in [0.15, 0.2) is 6.10 Å². The van der Waals surface area contributed by atoms with Crippen molar-refractivity contribution in [1.82, 2.24) is 10.2 Å². The van der Waals surface area contributed by atoms with Crippen LogP contribution in [0.3, 0.4) is 0 Å². The molecule has 3 aromatic rings. The highest BCUT2D eigenvalue weighted by Gasteiger charge is 2.37. The topological polar surface area (TPSA) is 88.2 Å². The van der Waals surface area contributed by atoms with Gasteiger partial charge in [-0.25, -0.2) is 8.42 Å². The molecule has 1 N–H and O–H groups in total. The van der Waals surface area contributed by atoms with Crippen LogP contribution in [0.4, 0.5) is 5.69 Å². The lowest BCUT2D eigenvalue weighted by atomic mass is 10.0. The fourth-order valence-corrected chi connectivity index (χ4v) is 6.61. The van der Waals surface area contributed by atoms with Gasteiger partial charge in [-0.3, -0.25) is 14.0 Å². The van der Waals surface area contributed by atoms with Crippen molar-refractivity contribution in [1.29, 1.82) is 0 Å². The Morgan fingerprint density at radius 2 is 1.72 bits per heavy atom. The van der Waals surface area contributed by atoms with Crippen LogP contribution in [0.25, 0.3) is 0 Å². The number of fused-ring (bicyclic) bond motifs is 1. The van der Waals surface area contributed by atoms with Crippen LogP contribution < -0.4 is 19.1 Å². The number of amides is 1. The van der Waals surface area contributed by atoms with Crippen LogP contribution >= 0.6 is 0 Å². The first-order chi connectivity index (χ1) is 18.8. The molecule has 0 aromatic heterocycles. The number of anilines is 1. The van der Waals surface area contributed by atoms with Crippen LogP contribution in [0.15, 0.2) is 71.6 Å². The fourth-order valence-electron chi connectivity index (χ4n) is 5.14. The van der Waals surface area contributed by atoms with E-state index >= 15 is 0 Å². The first-order valence-corrected chi connectivity index (χ1v) is 14.8. The van der Waals surface area contributed by atoms with E-state index in [1.807, 2.05) is 31.2 Å². The average Bonchev–Trinajstić information content (AvgIpc) is 2.96. The molecular formula is C30H35N3O5S. The third-order valence-corrected chi connectivity index (χ3v) is 9.13. The maximum Gasteiger partial charge on any atom is 0.264 e. The summed E-state index contributed by atoms with van der Waals surface area (Å²) in [4.78, 5) is 15.9. The Morgan fingerprint density at radius 1 is 1.00 bits per heavy atom. The lowest BCUT2D eigenvalue weighted by Gasteiger charge is -2.35. The van der Waals surface area contributed by atoms with Crippen LogP contribution in [0.5, 0.6) is 11.5 Å². The van der Waals surface area contributed by atoms with Crippen LogP contribution in [-0.4, -0.2) is 52.1 Å². The van der Waals surface area contributed by atoms with Crippen molar-refractivity contribution in [2.45, 2.75) is 50.3 Å². The molecule has 1 amide bonds. The van der Waals surface area contributed by atoms with Crippen molar-refractivity contribution >= 4 is 21.6 Å². The first kappa shape index (κ1) is 27.0. The largest absolute Gasteiger partial charge is 0.497 e. The average molecular weight is 550 g/mol. The number of ether oxygens (including phenoxy) is 2. The SMILES string of the molecule is COc1ccc(S(=O)(=O)N2C[C@@H](C(=O)NCc3ccccc3CN3CCCCC3)Oc3cc(C)ccc32)cc1. The number of likely N-dealkylation sites (tertiary alicyclic amines) is 1. The molecule has 2 aliphatic rings. The van der Waals surface area contributed by atoms with Gasteiger partial charge in [0.25, 0.3) is 15.9 Å². The number of carbonyl (C=O) groups is 1. The van der Waals surface area contributed by atoms with Crippen LogP contribution in [-0.2, 0) is 27.9 Å². The van der Waals surface area contributed by atoms with E-state index in [1.165, 1.54) is 48.4 Å². The highest BCUT2D eigenvalue weighted by Crippen LogP contribution is 2.38. The van der Waals surface area contributed by atoms with Crippen LogP contribution in [0.1, 0.15) is 36.0 Å². The summed E-state index contributed by atoms with van der Waals surface area (Å²) in [6.45, 7) is 5.14. The summed E-state index contributed by atoms with van der Waals surface area (Å²) < 4.78 is 39.9. The summed E-state index contributed by atoms with van der Waals surface area (Å²) in [5, 5.41) is 3.00. The molecule has 0 bridgehead atoms. The van der Waals surface area contributed by atoms with Gasteiger partial charge in [-0.05, 0) is 85.9 Å². The third kappa shape index (κ3) is 6.04. The predicted molar refractivity (Wildman–Crippen MR) is 151 cm³/mol. The van der Waals surface area contributed by atoms with E-state index in [0.29, 0.717) is 23.7 Å². The summed E-state index contributed by atoms with van der Waals surface area (Å²) >= 11 is 0. The molecule has 8 nitrogen and oxygen atoms in total. The molecule has 1 atom stereocenters. The summed E-state index contributed by atoms with van der Waals surface area (Å²) in [6, 6.07) is 19.7. The zero-order chi connectivity index (χ0) is 27.4. The fraction of sp³-hybridized carbons (Fsp3) is 0.367. The number of aryl methyl sites for hydroxylation is 1. The minimum Gasteiger partial charge on any atom is -0.497 e. The zero-order valence-electron chi connectivity index (χ0n) is 22.4. The Bertz CT molecular complexity index is 1420. The molecule has 1 saturated heterocycles. The predicted octanol–water partition coefficient (Wildman–Crippen LogP) is 4.26. The Hall–Kier alpha value is -3.56. The van der Waals surface area contributed by atoms with Gasteiger partial charge in [-0.15, -0.1) is 0 Å². The number of nitrogens with one attached hydrogen (secondary N) is 1. The van der Waals surface area contributed by atoms with Crippen LogP contribution in [0.2, 0.25) is 0 Å². The molecular weight excluding hydrogens is 514 g/mol. The van der Waals surface area contributed by atoms with Gasteiger partial charge in [0.05, 0.1) is 24.2 Å². The van der Waals surface area contributed by atoms with Gasteiger partial charge < -0.3 is 14.8 Å². The van der Waals surface area contributed by atoms with Crippen molar-refractivity contribution in [2.75, 3.05) is 31.0 Å². The van der Waals surface area contributed by atoms with E-state index in [-0.39, 0.29) is 17.3 Å². The smallest absolute Gasteiger partial charge is 0.264 e. The molecule has 2 aliphatic heterocycles. The second-order valence-electron chi connectivity index (χ2n) is 10.1. The van der Waals surface area contributed by atoms with Crippen molar-refractivity contribution in [3.8, 4) is 11.5 Å². The molecule has 0 radical (unpaired) electrons. The van der Waals surface area contributed by atoms with Crippen molar-refractivity contribution in [2.24, 2.45) is 0 Å². The Kier molecular flexibility index (Phi) is 8.09. The second-order valence-corrected chi connectivity index (χ2v) is 12.0. The molecule has 39 heavy (non-hydrogen) atoms. The number of hydrogen-bond acceptors (Lipinski definition) is 6. The molecule has 0 aliphatic carbocycles. The van der Waals surface area contributed by atoms with E-state index in [2.05, 4.69) is 16.3 Å². The van der Waals surface area contributed by atoms with Crippen molar-refractivity contribution in [3.05, 3.63) is 83.4 Å². The zero-order valence-corrected chi connectivity index (χ0v) is 23.2. The number of carbonyl (C=O) groups excluding carboxylic acids is 1. The summed E-state index contributed by atoms with van der Waals surface area (Å²) in [6.07, 6.45) is 2.72. The number of benzene rings is 3. The van der Waals surface area contributed by atoms with Gasteiger partial charge >= 0.3 is 0 Å². The number of nitrogens with zero attached hydrogens (tertiary/aromatic N) is 2. The van der Waals surface area contributed by atoms with Gasteiger partial charge in [-0.1, -0.05) is 36.8 Å². The molecule has 0 saturated carbocycles. The lowest BCUT2D eigenvalue weighted by Crippen LogP contribution is -2.50. The standard InChI is InChI=1S/C30H35N3O5S/c1-22-10-15-27-28(18-22)38-29(21-33(27)39(35,36)26-13-11-25(37-2)12-14-26)30(34)31-19-23-8-4-5-9-24(23)20-32-16-6-3-7-17-32/h4-5,8-15,18,29H,3,6-7,16-17,19-21H2,1-2H3,(H,31,34)/t29-/m0/s1. The first-order valence-electron chi connectivity index (χ1n) is 13.4. The highest BCUT2D eigenvalue weighted by molar-refractivity contribution is 7.92. The molecule has 1 fully saturated rings. The van der Waals surface area contributed by atoms with E-state index in [9.17, 15) is 13.2 Å². The van der Waals surface area contributed by atoms with Gasteiger partial charge in [-0.2, -0.15) is 0 Å². The number of sulfonamides is 1. The van der Waals surface area contributed by atoms with E-state index in [1.54, 1.807) is 24.3 Å². The minimum absolute atomic E-state index is 0.113.